The van der Waals surface area contributed by atoms with Gasteiger partial charge in [-0.05, 0) is 51.8 Å². The Labute approximate surface area is 117 Å². The Kier molecular flexibility index (Phi) is 4.27. The van der Waals surface area contributed by atoms with E-state index in [-0.39, 0.29) is 6.61 Å². The van der Waals surface area contributed by atoms with E-state index in [0.717, 1.165) is 12.4 Å². The molecule has 0 heterocycles. The minimum absolute atomic E-state index is 0.0354. The summed E-state index contributed by atoms with van der Waals surface area (Å²) in [5.41, 5.74) is 0.903. The Balaban J connectivity index is 2.12. The van der Waals surface area contributed by atoms with Gasteiger partial charge in [-0.15, -0.1) is 0 Å². The second-order valence-corrected chi connectivity index (χ2v) is 4.73. The molecule has 98 valence electrons. The van der Waals surface area contributed by atoms with E-state index in [4.69, 9.17) is 4.74 Å². The molecule has 0 radical (unpaired) electrons. The number of carbonyl (C=O) groups is 1. The van der Waals surface area contributed by atoms with Gasteiger partial charge in [-0.3, -0.25) is 4.79 Å². The third-order valence-electron chi connectivity index (χ3n) is 2.41. The Bertz CT molecular complexity index is 594. The Hall–Kier alpha value is -1.75. The number of halogens is 3. The van der Waals surface area contributed by atoms with Crippen molar-refractivity contribution in [2.24, 2.45) is 0 Å². The van der Waals surface area contributed by atoms with Crippen molar-refractivity contribution in [2.75, 3.05) is 0 Å². The molecule has 2 rings (SSSR count). The highest BCUT2D eigenvalue weighted by Crippen LogP contribution is 2.26. The fourth-order valence-electron chi connectivity index (χ4n) is 1.56. The summed E-state index contributed by atoms with van der Waals surface area (Å²) in [4.78, 5) is 10.6. The SMILES string of the molecule is O=Cc1ccc(OCc2cc(F)cc(F)c2)c(Br)c1. The van der Waals surface area contributed by atoms with Gasteiger partial charge in [-0.1, -0.05) is 0 Å². The van der Waals surface area contributed by atoms with E-state index in [1.54, 1.807) is 18.2 Å². The molecule has 0 amide bonds. The fraction of sp³-hybridized carbons (Fsp3) is 0.0714. The summed E-state index contributed by atoms with van der Waals surface area (Å²) in [5, 5.41) is 0. The zero-order valence-electron chi connectivity index (χ0n) is 9.70. The molecule has 0 fully saturated rings. The molecule has 0 atom stereocenters. The van der Waals surface area contributed by atoms with E-state index in [1.807, 2.05) is 0 Å². The van der Waals surface area contributed by atoms with Crippen LogP contribution >= 0.6 is 15.9 Å². The minimum Gasteiger partial charge on any atom is -0.488 e. The van der Waals surface area contributed by atoms with Crippen molar-refractivity contribution in [1.82, 2.24) is 0 Å². The van der Waals surface area contributed by atoms with Crippen molar-refractivity contribution in [3.63, 3.8) is 0 Å². The number of rotatable bonds is 4. The highest BCUT2D eigenvalue weighted by molar-refractivity contribution is 9.10. The van der Waals surface area contributed by atoms with Crippen molar-refractivity contribution in [3.8, 4) is 5.75 Å². The molecule has 2 aromatic rings. The van der Waals surface area contributed by atoms with Gasteiger partial charge in [0.25, 0.3) is 0 Å². The first-order valence-corrected chi connectivity index (χ1v) is 6.20. The van der Waals surface area contributed by atoms with Crippen LogP contribution in [-0.2, 0) is 6.61 Å². The molecule has 0 unspecified atom stereocenters. The Morgan fingerprint density at radius 2 is 1.79 bits per heavy atom. The molecule has 0 spiro atoms. The minimum atomic E-state index is -0.644. The van der Waals surface area contributed by atoms with Crippen LogP contribution < -0.4 is 4.74 Å². The predicted molar refractivity (Wildman–Crippen MR) is 70.2 cm³/mol. The predicted octanol–water partition coefficient (Wildman–Crippen LogP) is 4.12. The maximum atomic E-state index is 13.0. The molecule has 0 N–H and O–H groups in total. The first-order chi connectivity index (χ1) is 9.08. The molecule has 0 saturated heterocycles. The van der Waals surface area contributed by atoms with Crippen LogP contribution in [-0.4, -0.2) is 6.29 Å². The molecule has 0 saturated carbocycles. The molecule has 0 aliphatic heterocycles. The molecule has 0 aliphatic carbocycles. The summed E-state index contributed by atoms with van der Waals surface area (Å²) in [6.45, 7) is 0.0354. The van der Waals surface area contributed by atoms with Gasteiger partial charge in [0.05, 0.1) is 4.47 Å². The number of ether oxygens (including phenoxy) is 1. The number of aldehydes is 1. The average molecular weight is 327 g/mol. The van der Waals surface area contributed by atoms with E-state index in [1.165, 1.54) is 12.1 Å². The summed E-state index contributed by atoms with van der Waals surface area (Å²) >= 11 is 3.26. The number of hydrogen-bond donors (Lipinski definition) is 0. The first kappa shape index (κ1) is 13.7. The van der Waals surface area contributed by atoms with Crippen molar-refractivity contribution < 1.29 is 18.3 Å². The fourth-order valence-corrected chi connectivity index (χ4v) is 2.07. The maximum Gasteiger partial charge on any atom is 0.150 e. The van der Waals surface area contributed by atoms with Gasteiger partial charge in [-0.2, -0.15) is 0 Å². The normalized spacial score (nSPS) is 10.3. The molecule has 2 nitrogen and oxygen atoms in total. The standard InChI is InChI=1S/C14H9BrF2O2/c15-13-5-9(7-18)1-2-14(13)19-8-10-3-11(16)6-12(17)4-10/h1-7H,8H2. The lowest BCUT2D eigenvalue weighted by Crippen LogP contribution is -1.98. The van der Waals surface area contributed by atoms with Crippen LogP contribution in [0.1, 0.15) is 15.9 Å². The van der Waals surface area contributed by atoms with Crippen molar-refractivity contribution in [1.29, 1.82) is 0 Å². The topological polar surface area (TPSA) is 26.3 Å². The molecule has 0 aliphatic rings. The summed E-state index contributed by atoms with van der Waals surface area (Å²) in [6, 6.07) is 8.03. The lowest BCUT2D eigenvalue weighted by molar-refractivity contribution is 0.112. The largest absolute Gasteiger partial charge is 0.488 e. The van der Waals surface area contributed by atoms with Gasteiger partial charge in [0.1, 0.15) is 30.3 Å². The van der Waals surface area contributed by atoms with E-state index in [0.29, 0.717) is 21.3 Å². The highest BCUT2D eigenvalue weighted by Gasteiger charge is 2.05. The third-order valence-corrected chi connectivity index (χ3v) is 3.03. The molecule has 2 aromatic carbocycles. The van der Waals surface area contributed by atoms with Crippen molar-refractivity contribution >= 4 is 22.2 Å². The summed E-state index contributed by atoms with van der Waals surface area (Å²) < 4.78 is 32.0. The lowest BCUT2D eigenvalue weighted by atomic mass is 10.2. The van der Waals surface area contributed by atoms with E-state index < -0.39 is 11.6 Å². The molecular formula is C14H9BrF2O2. The van der Waals surface area contributed by atoms with Gasteiger partial charge < -0.3 is 4.74 Å². The maximum absolute atomic E-state index is 13.0. The van der Waals surface area contributed by atoms with Crippen LogP contribution in [0.2, 0.25) is 0 Å². The average Bonchev–Trinajstić information content (AvgIpc) is 2.36. The second kappa shape index (κ2) is 5.93. The summed E-state index contributed by atoms with van der Waals surface area (Å²) in [7, 11) is 0. The third kappa shape index (κ3) is 3.61. The van der Waals surface area contributed by atoms with Gasteiger partial charge >= 0.3 is 0 Å². The van der Waals surface area contributed by atoms with Gasteiger partial charge in [-0.25, -0.2) is 8.78 Å². The number of hydrogen-bond acceptors (Lipinski definition) is 2. The van der Waals surface area contributed by atoms with Gasteiger partial charge in [0.15, 0.2) is 0 Å². The molecule has 19 heavy (non-hydrogen) atoms. The molecule has 0 aromatic heterocycles. The summed E-state index contributed by atoms with van der Waals surface area (Å²) in [6.07, 6.45) is 0.719. The summed E-state index contributed by atoms with van der Waals surface area (Å²) in [5.74, 6) is -0.793. The molecule has 0 bridgehead atoms. The van der Waals surface area contributed by atoms with Crippen LogP contribution in [0.15, 0.2) is 40.9 Å². The quantitative estimate of drug-likeness (QED) is 0.790. The van der Waals surface area contributed by atoms with Crippen LogP contribution in [0.4, 0.5) is 8.78 Å². The second-order valence-electron chi connectivity index (χ2n) is 3.87. The van der Waals surface area contributed by atoms with Gasteiger partial charge in [0.2, 0.25) is 0 Å². The smallest absolute Gasteiger partial charge is 0.150 e. The van der Waals surface area contributed by atoms with E-state index in [2.05, 4.69) is 15.9 Å². The van der Waals surface area contributed by atoms with Crippen LogP contribution in [0.5, 0.6) is 5.75 Å². The van der Waals surface area contributed by atoms with Crippen LogP contribution in [0.25, 0.3) is 0 Å². The number of benzene rings is 2. The van der Waals surface area contributed by atoms with Crippen LogP contribution in [0.3, 0.4) is 0 Å². The lowest BCUT2D eigenvalue weighted by Gasteiger charge is -2.09. The van der Waals surface area contributed by atoms with Crippen molar-refractivity contribution in [3.05, 3.63) is 63.6 Å². The Morgan fingerprint density at radius 1 is 1.11 bits per heavy atom. The Morgan fingerprint density at radius 3 is 2.37 bits per heavy atom. The molecule has 5 heteroatoms. The molecular weight excluding hydrogens is 318 g/mol. The first-order valence-electron chi connectivity index (χ1n) is 5.41. The highest BCUT2D eigenvalue weighted by atomic mass is 79.9. The van der Waals surface area contributed by atoms with Gasteiger partial charge in [0, 0.05) is 11.6 Å². The van der Waals surface area contributed by atoms with E-state index in [9.17, 15) is 13.6 Å². The number of carbonyl (C=O) groups excluding carboxylic acids is 1. The van der Waals surface area contributed by atoms with Crippen molar-refractivity contribution in [2.45, 2.75) is 6.61 Å². The monoisotopic (exact) mass is 326 g/mol. The van der Waals surface area contributed by atoms with E-state index >= 15 is 0 Å². The zero-order chi connectivity index (χ0) is 13.8. The zero-order valence-corrected chi connectivity index (χ0v) is 11.3. The van der Waals surface area contributed by atoms with Crippen LogP contribution in [0, 0.1) is 11.6 Å².